The van der Waals surface area contributed by atoms with Gasteiger partial charge in [-0.15, -0.1) is 0 Å². The van der Waals surface area contributed by atoms with Gasteiger partial charge in [-0.1, -0.05) is 25.4 Å². The fraction of sp³-hybridized carbons (Fsp3) is 0.500. The molecule has 1 heterocycles. The Kier molecular flexibility index (Phi) is 3.47. The van der Waals surface area contributed by atoms with Gasteiger partial charge in [0.2, 0.25) is 0 Å². The van der Waals surface area contributed by atoms with Crippen molar-refractivity contribution in [3.8, 4) is 11.5 Å². The summed E-state index contributed by atoms with van der Waals surface area (Å²) in [5.41, 5.74) is 0.826. The fourth-order valence-electron chi connectivity index (χ4n) is 1.63. The highest BCUT2D eigenvalue weighted by atomic mass is 35.5. The van der Waals surface area contributed by atoms with Crippen LogP contribution in [0.3, 0.4) is 0 Å². The molecule has 1 aliphatic heterocycles. The van der Waals surface area contributed by atoms with Crippen molar-refractivity contribution >= 4 is 11.6 Å². The maximum absolute atomic E-state index is 6.15. The first kappa shape index (κ1) is 12.5. The van der Waals surface area contributed by atoms with Gasteiger partial charge in [-0.3, -0.25) is 4.84 Å². The number of hydrogen-bond acceptors (Lipinski definition) is 4. The molecule has 17 heavy (non-hydrogen) atoms. The van der Waals surface area contributed by atoms with Gasteiger partial charge in [0.15, 0.2) is 11.5 Å². The summed E-state index contributed by atoms with van der Waals surface area (Å²) in [7, 11) is 0. The predicted molar refractivity (Wildman–Crippen MR) is 65.2 cm³/mol. The van der Waals surface area contributed by atoms with Gasteiger partial charge in [-0.25, -0.2) is 5.90 Å². The second-order valence-electron chi connectivity index (χ2n) is 4.96. The van der Waals surface area contributed by atoms with E-state index in [4.69, 9.17) is 27.0 Å². The zero-order valence-corrected chi connectivity index (χ0v) is 10.7. The lowest BCUT2D eigenvalue weighted by atomic mass is 9.97. The third-order valence-electron chi connectivity index (χ3n) is 2.54. The van der Waals surface area contributed by atoms with Crippen molar-refractivity contribution in [1.29, 1.82) is 0 Å². The first-order valence-electron chi connectivity index (χ1n) is 5.41. The van der Waals surface area contributed by atoms with E-state index in [1.165, 1.54) is 0 Å². The van der Waals surface area contributed by atoms with Gasteiger partial charge in [-0.2, -0.15) is 0 Å². The van der Waals surface area contributed by atoms with Crippen molar-refractivity contribution in [2.45, 2.75) is 20.5 Å². The molecular weight excluding hydrogens is 242 g/mol. The van der Waals surface area contributed by atoms with E-state index in [-0.39, 0.29) is 5.41 Å². The van der Waals surface area contributed by atoms with Crippen molar-refractivity contribution in [2.75, 3.05) is 13.2 Å². The summed E-state index contributed by atoms with van der Waals surface area (Å²) in [4.78, 5) is 4.59. The minimum atomic E-state index is -0.0348. The van der Waals surface area contributed by atoms with Crippen LogP contribution in [0.25, 0.3) is 0 Å². The van der Waals surface area contributed by atoms with Crippen molar-refractivity contribution in [2.24, 2.45) is 11.3 Å². The zero-order valence-electron chi connectivity index (χ0n) is 9.96. The third-order valence-corrected chi connectivity index (χ3v) is 2.83. The fourth-order valence-corrected chi connectivity index (χ4v) is 1.92. The average Bonchev–Trinajstić information content (AvgIpc) is 2.39. The molecule has 0 fully saturated rings. The molecule has 94 valence electrons. The molecule has 0 saturated carbocycles. The van der Waals surface area contributed by atoms with Crippen LogP contribution in [0.1, 0.15) is 19.4 Å². The summed E-state index contributed by atoms with van der Waals surface area (Å²) in [5, 5.41) is 0.521. The van der Waals surface area contributed by atoms with Gasteiger partial charge in [0.1, 0.15) is 0 Å². The van der Waals surface area contributed by atoms with Crippen molar-refractivity contribution in [3.05, 3.63) is 22.7 Å². The summed E-state index contributed by atoms with van der Waals surface area (Å²) >= 11 is 6.15. The second-order valence-corrected chi connectivity index (χ2v) is 5.36. The molecule has 5 heteroatoms. The molecule has 0 atom stereocenters. The van der Waals surface area contributed by atoms with Gasteiger partial charge >= 0.3 is 0 Å². The van der Waals surface area contributed by atoms with Crippen LogP contribution in [-0.4, -0.2) is 13.2 Å². The second kappa shape index (κ2) is 4.72. The van der Waals surface area contributed by atoms with Crippen LogP contribution in [-0.2, 0) is 11.4 Å². The minimum absolute atomic E-state index is 0.0348. The Bertz CT molecular complexity index is 420. The molecule has 0 spiro atoms. The molecule has 0 unspecified atom stereocenters. The Labute approximate surface area is 106 Å². The number of ether oxygens (including phenoxy) is 2. The molecule has 0 radical (unpaired) electrons. The lowest BCUT2D eigenvalue weighted by Crippen LogP contribution is -2.26. The first-order chi connectivity index (χ1) is 8.02. The van der Waals surface area contributed by atoms with Crippen LogP contribution in [0.15, 0.2) is 12.1 Å². The van der Waals surface area contributed by atoms with Crippen LogP contribution >= 0.6 is 11.6 Å². The minimum Gasteiger partial charge on any atom is -0.489 e. The van der Waals surface area contributed by atoms with E-state index in [1.807, 2.05) is 6.07 Å². The van der Waals surface area contributed by atoms with Crippen LogP contribution in [0, 0.1) is 5.41 Å². The molecule has 4 nitrogen and oxygen atoms in total. The Balaban J connectivity index is 2.32. The predicted octanol–water partition coefficient (Wildman–Crippen LogP) is 2.53. The standard InChI is InChI=1S/C12H16ClNO3/c1-12(2)6-15-10-4-8(5-17-14)3-9(13)11(10)16-7-12/h3-4H,5-7,14H2,1-2H3. The molecule has 2 N–H and O–H groups in total. The summed E-state index contributed by atoms with van der Waals surface area (Å²) in [5.74, 6) is 6.29. The first-order valence-corrected chi connectivity index (χ1v) is 5.79. The van der Waals surface area contributed by atoms with Crippen LogP contribution in [0.5, 0.6) is 11.5 Å². The van der Waals surface area contributed by atoms with Gasteiger partial charge in [0, 0.05) is 5.41 Å². The number of nitrogens with two attached hydrogens (primary N) is 1. The molecule has 0 aromatic heterocycles. The lowest BCUT2D eigenvalue weighted by Gasteiger charge is -2.19. The molecule has 0 aliphatic carbocycles. The molecule has 1 aromatic rings. The third kappa shape index (κ3) is 2.83. The molecule has 0 saturated heterocycles. The highest BCUT2D eigenvalue weighted by molar-refractivity contribution is 6.32. The summed E-state index contributed by atoms with van der Waals surface area (Å²) in [6.07, 6.45) is 0. The van der Waals surface area contributed by atoms with Gasteiger partial charge in [0.25, 0.3) is 0 Å². The van der Waals surface area contributed by atoms with Gasteiger partial charge in [-0.05, 0) is 17.7 Å². The van der Waals surface area contributed by atoms with Crippen LogP contribution in [0.2, 0.25) is 5.02 Å². The Morgan fingerprint density at radius 2 is 2.06 bits per heavy atom. The lowest BCUT2D eigenvalue weighted by molar-refractivity contribution is 0.123. The summed E-state index contributed by atoms with van der Waals surface area (Å²) in [6.45, 7) is 5.61. The Morgan fingerprint density at radius 3 is 2.76 bits per heavy atom. The zero-order chi connectivity index (χ0) is 12.5. The monoisotopic (exact) mass is 257 g/mol. The van der Waals surface area contributed by atoms with Gasteiger partial charge < -0.3 is 9.47 Å². The smallest absolute Gasteiger partial charge is 0.179 e. The van der Waals surface area contributed by atoms with E-state index < -0.39 is 0 Å². The van der Waals surface area contributed by atoms with Gasteiger partial charge in [0.05, 0.1) is 24.8 Å². The number of rotatable bonds is 2. The topological polar surface area (TPSA) is 53.7 Å². The van der Waals surface area contributed by atoms with Crippen LogP contribution < -0.4 is 15.4 Å². The average molecular weight is 258 g/mol. The highest BCUT2D eigenvalue weighted by Gasteiger charge is 2.26. The SMILES string of the molecule is CC1(C)COc2cc(CON)cc(Cl)c2OC1. The maximum atomic E-state index is 6.15. The largest absolute Gasteiger partial charge is 0.489 e. The quantitative estimate of drug-likeness (QED) is 0.828. The number of hydrogen-bond donors (Lipinski definition) is 1. The maximum Gasteiger partial charge on any atom is 0.179 e. The van der Waals surface area contributed by atoms with E-state index in [9.17, 15) is 0 Å². The molecule has 0 amide bonds. The number of halogens is 1. The Hall–Kier alpha value is -0.970. The van der Waals surface area contributed by atoms with Crippen molar-refractivity contribution < 1.29 is 14.3 Å². The van der Waals surface area contributed by atoms with Crippen molar-refractivity contribution in [3.63, 3.8) is 0 Å². The number of fused-ring (bicyclic) bond motifs is 1. The summed E-state index contributed by atoms with van der Waals surface area (Å²) < 4.78 is 11.4. The van der Waals surface area contributed by atoms with E-state index in [0.29, 0.717) is 36.3 Å². The van der Waals surface area contributed by atoms with Crippen molar-refractivity contribution in [1.82, 2.24) is 0 Å². The van der Waals surface area contributed by atoms with E-state index in [2.05, 4.69) is 18.7 Å². The molecule has 1 aliphatic rings. The molecular formula is C12H16ClNO3. The van der Waals surface area contributed by atoms with E-state index in [0.717, 1.165) is 5.56 Å². The normalized spacial score (nSPS) is 17.6. The van der Waals surface area contributed by atoms with E-state index in [1.54, 1.807) is 6.07 Å². The molecule has 1 aromatic carbocycles. The molecule has 2 rings (SSSR count). The Morgan fingerprint density at radius 1 is 1.35 bits per heavy atom. The molecule has 0 bridgehead atoms. The summed E-state index contributed by atoms with van der Waals surface area (Å²) in [6, 6.07) is 3.62. The highest BCUT2D eigenvalue weighted by Crippen LogP contribution is 2.40. The van der Waals surface area contributed by atoms with E-state index >= 15 is 0 Å². The number of benzene rings is 1. The van der Waals surface area contributed by atoms with Crippen LogP contribution in [0.4, 0.5) is 0 Å².